The first kappa shape index (κ1) is 17.3. The van der Waals surface area contributed by atoms with Crippen LogP contribution in [0.25, 0.3) is 11.3 Å². The van der Waals surface area contributed by atoms with Gasteiger partial charge < -0.3 is 18.9 Å². The predicted molar refractivity (Wildman–Crippen MR) is 105 cm³/mol. The Morgan fingerprint density at radius 3 is 2.75 bits per heavy atom. The average Bonchev–Trinajstić information content (AvgIpc) is 3.47. The van der Waals surface area contributed by atoms with Crippen LogP contribution in [0.3, 0.4) is 0 Å². The molecule has 1 fully saturated rings. The van der Waals surface area contributed by atoms with Crippen LogP contribution in [0.5, 0.6) is 11.5 Å². The monoisotopic (exact) mass is 440 g/mol. The van der Waals surface area contributed by atoms with E-state index < -0.39 is 0 Å². The van der Waals surface area contributed by atoms with E-state index in [1.54, 1.807) is 6.07 Å². The zero-order valence-electron chi connectivity index (χ0n) is 14.9. The summed E-state index contributed by atoms with van der Waals surface area (Å²) in [7, 11) is 0. The predicted octanol–water partition coefficient (Wildman–Crippen LogP) is 4.81. The zero-order valence-corrected chi connectivity index (χ0v) is 16.5. The van der Waals surface area contributed by atoms with Gasteiger partial charge in [0.05, 0.1) is 6.04 Å². The third kappa shape index (κ3) is 3.05. The summed E-state index contributed by atoms with van der Waals surface area (Å²) < 4.78 is 17.2. The third-order valence-electron chi connectivity index (χ3n) is 5.15. The first-order valence-electron chi connectivity index (χ1n) is 9.12. The minimum Gasteiger partial charge on any atom is -0.454 e. The van der Waals surface area contributed by atoms with Gasteiger partial charge in [0.2, 0.25) is 6.79 Å². The molecule has 1 atom stereocenters. The molecule has 0 radical (unpaired) electrons. The molecular weight excluding hydrogens is 424 g/mol. The Balaban J connectivity index is 1.39. The number of amides is 1. The summed E-state index contributed by atoms with van der Waals surface area (Å²) in [4.78, 5) is 15.0. The summed E-state index contributed by atoms with van der Waals surface area (Å²) in [6, 6.07) is 15.4. The number of nitrogens with zero attached hydrogens (tertiary/aromatic N) is 2. The van der Waals surface area contributed by atoms with Crippen molar-refractivity contribution in [2.45, 2.75) is 18.9 Å². The number of hydrogen-bond acceptors (Lipinski definition) is 5. The number of halogens is 1. The maximum Gasteiger partial charge on any atom is 0.276 e. The Hall–Kier alpha value is -2.80. The number of fused-ring (bicyclic) bond motifs is 1. The second-order valence-electron chi connectivity index (χ2n) is 6.85. The molecule has 0 spiro atoms. The van der Waals surface area contributed by atoms with Crippen molar-refractivity contribution in [3.63, 3.8) is 0 Å². The molecule has 2 aliphatic heterocycles. The molecule has 1 amide bonds. The highest BCUT2D eigenvalue weighted by atomic mass is 79.9. The smallest absolute Gasteiger partial charge is 0.276 e. The quantitative estimate of drug-likeness (QED) is 0.584. The maximum absolute atomic E-state index is 13.1. The van der Waals surface area contributed by atoms with Gasteiger partial charge in [-0.3, -0.25) is 4.79 Å². The first-order valence-corrected chi connectivity index (χ1v) is 9.91. The largest absolute Gasteiger partial charge is 0.454 e. The summed E-state index contributed by atoms with van der Waals surface area (Å²) in [5.74, 6) is 1.78. The number of hydrogen-bond donors (Lipinski definition) is 0. The summed E-state index contributed by atoms with van der Waals surface area (Å²) in [5.41, 5.74) is 2.24. The van der Waals surface area contributed by atoms with Gasteiger partial charge >= 0.3 is 0 Å². The van der Waals surface area contributed by atoms with Gasteiger partial charge in [-0.05, 0) is 48.7 Å². The molecule has 3 heterocycles. The van der Waals surface area contributed by atoms with Crippen LogP contribution in [-0.4, -0.2) is 29.3 Å². The summed E-state index contributed by atoms with van der Waals surface area (Å²) >= 11 is 3.46. The van der Waals surface area contributed by atoms with Gasteiger partial charge in [-0.1, -0.05) is 33.2 Å². The number of likely N-dealkylation sites (tertiary alicyclic amines) is 1. The van der Waals surface area contributed by atoms with E-state index in [0.29, 0.717) is 29.5 Å². The Morgan fingerprint density at radius 2 is 1.89 bits per heavy atom. The van der Waals surface area contributed by atoms with Crippen LogP contribution >= 0.6 is 15.9 Å². The first-order chi connectivity index (χ1) is 13.7. The van der Waals surface area contributed by atoms with Crippen molar-refractivity contribution in [1.29, 1.82) is 0 Å². The second-order valence-corrected chi connectivity index (χ2v) is 7.77. The van der Waals surface area contributed by atoms with Crippen LogP contribution in [-0.2, 0) is 0 Å². The van der Waals surface area contributed by atoms with Gasteiger partial charge in [0, 0.05) is 22.6 Å². The van der Waals surface area contributed by atoms with Crippen LogP contribution in [0.4, 0.5) is 0 Å². The lowest BCUT2D eigenvalue weighted by atomic mass is 10.0. The van der Waals surface area contributed by atoms with Crippen molar-refractivity contribution in [1.82, 2.24) is 10.1 Å². The molecule has 0 N–H and O–H groups in total. The topological polar surface area (TPSA) is 64.8 Å². The van der Waals surface area contributed by atoms with Crippen molar-refractivity contribution in [2.75, 3.05) is 13.3 Å². The van der Waals surface area contributed by atoms with E-state index in [9.17, 15) is 4.79 Å². The van der Waals surface area contributed by atoms with Gasteiger partial charge in [-0.15, -0.1) is 0 Å². The molecule has 1 unspecified atom stereocenters. The minimum atomic E-state index is -0.110. The fraction of sp³-hybridized carbons (Fsp3) is 0.238. The lowest BCUT2D eigenvalue weighted by Crippen LogP contribution is -2.30. The average molecular weight is 441 g/mol. The van der Waals surface area contributed by atoms with E-state index >= 15 is 0 Å². The van der Waals surface area contributed by atoms with Gasteiger partial charge in [-0.2, -0.15) is 0 Å². The van der Waals surface area contributed by atoms with Gasteiger partial charge in [0.25, 0.3) is 5.91 Å². The molecule has 1 saturated heterocycles. The summed E-state index contributed by atoms with van der Waals surface area (Å²) in [6.07, 6.45) is 1.92. The molecule has 0 bridgehead atoms. The molecule has 1 aromatic heterocycles. The van der Waals surface area contributed by atoms with E-state index in [2.05, 4.69) is 33.2 Å². The van der Waals surface area contributed by atoms with Crippen LogP contribution < -0.4 is 9.47 Å². The van der Waals surface area contributed by atoms with Crippen LogP contribution in [0.1, 0.15) is 34.9 Å². The number of benzene rings is 2. The van der Waals surface area contributed by atoms with Crippen molar-refractivity contribution >= 4 is 21.8 Å². The highest BCUT2D eigenvalue weighted by molar-refractivity contribution is 9.10. The fourth-order valence-corrected chi connectivity index (χ4v) is 4.01. The van der Waals surface area contributed by atoms with Crippen LogP contribution in [0.15, 0.2) is 57.5 Å². The number of aromatic nitrogens is 1. The van der Waals surface area contributed by atoms with E-state index in [0.717, 1.165) is 28.4 Å². The van der Waals surface area contributed by atoms with Crippen molar-refractivity contribution in [2.24, 2.45) is 0 Å². The number of carbonyl (C=O) groups is 1. The Labute approximate surface area is 170 Å². The highest BCUT2D eigenvalue weighted by Crippen LogP contribution is 2.37. The zero-order chi connectivity index (χ0) is 19.1. The Kier molecular flexibility index (Phi) is 4.31. The van der Waals surface area contributed by atoms with Crippen LogP contribution in [0, 0.1) is 0 Å². The molecule has 0 aliphatic carbocycles. The summed E-state index contributed by atoms with van der Waals surface area (Å²) in [6.45, 7) is 0.928. The van der Waals surface area contributed by atoms with Gasteiger partial charge in [0.1, 0.15) is 0 Å². The number of ether oxygens (including phenoxy) is 2. The minimum absolute atomic E-state index is 0.0614. The molecule has 3 aromatic rings. The molecule has 0 saturated carbocycles. The second kappa shape index (κ2) is 6.98. The van der Waals surface area contributed by atoms with E-state index in [1.165, 1.54) is 0 Å². The van der Waals surface area contributed by atoms with E-state index in [4.69, 9.17) is 14.0 Å². The van der Waals surface area contributed by atoms with Gasteiger partial charge in [0.15, 0.2) is 23.0 Å². The maximum atomic E-state index is 13.1. The lowest BCUT2D eigenvalue weighted by molar-refractivity contribution is 0.0725. The SMILES string of the molecule is O=C(c1cc(-c2ccc3c(c2)OCO3)on1)N1CCCC1c1ccc(Br)cc1. The van der Waals surface area contributed by atoms with Crippen LogP contribution in [0.2, 0.25) is 0 Å². The standard InChI is InChI=1S/C21H17BrN2O4/c22-15-6-3-13(4-7-15)17-2-1-9-24(17)21(25)16-11-19(28-23-16)14-5-8-18-20(10-14)27-12-26-18/h3-8,10-11,17H,1-2,9,12H2. The number of rotatable bonds is 3. The molecule has 5 rings (SSSR count). The van der Waals surface area contributed by atoms with E-state index in [1.807, 2.05) is 35.2 Å². The fourth-order valence-electron chi connectivity index (χ4n) is 3.75. The van der Waals surface area contributed by atoms with Gasteiger partial charge in [-0.25, -0.2) is 0 Å². The van der Waals surface area contributed by atoms with Crippen molar-refractivity contribution in [3.05, 3.63) is 64.3 Å². The normalized spacial score (nSPS) is 17.9. The molecule has 28 heavy (non-hydrogen) atoms. The molecule has 7 heteroatoms. The lowest BCUT2D eigenvalue weighted by Gasteiger charge is -2.24. The highest BCUT2D eigenvalue weighted by Gasteiger charge is 2.32. The molecule has 2 aromatic carbocycles. The molecule has 6 nitrogen and oxygen atoms in total. The van der Waals surface area contributed by atoms with Crippen molar-refractivity contribution < 1.29 is 18.8 Å². The Morgan fingerprint density at radius 1 is 1.07 bits per heavy atom. The molecule has 142 valence electrons. The summed E-state index contributed by atoms with van der Waals surface area (Å²) in [5, 5.41) is 4.03. The molecular formula is C21H17BrN2O4. The Bertz CT molecular complexity index is 1030. The van der Waals surface area contributed by atoms with E-state index in [-0.39, 0.29) is 18.7 Å². The van der Waals surface area contributed by atoms with Crippen molar-refractivity contribution in [3.8, 4) is 22.8 Å². The number of carbonyl (C=O) groups excluding carboxylic acids is 1. The molecule has 2 aliphatic rings. The third-order valence-corrected chi connectivity index (χ3v) is 5.68.